The van der Waals surface area contributed by atoms with Gasteiger partial charge >= 0.3 is 6.36 Å². The molecular weight excluding hydrogens is 575 g/mol. The molecule has 0 radical (unpaired) electrons. The molecule has 42 heavy (non-hydrogen) atoms. The van der Waals surface area contributed by atoms with E-state index in [4.69, 9.17) is 0 Å². The third-order valence-corrected chi connectivity index (χ3v) is 8.60. The van der Waals surface area contributed by atoms with Gasteiger partial charge in [-0.3, -0.25) is 14.6 Å². The molecule has 2 heterocycles. The first-order chi connectivity index (χ1) is 19.8. The normalized spacial score (nSPS) is 16.1. The first kappa shape index (κ1) is 30.8. The smallest absolute Gasteiger partial charge is 0.406 e. The maximum atomic E-state index is 13.6. The van der Waals surface area contributed by atoms with E-state index >= 15 is 0 Å². The monoisotopic (exact) mass is 605 g/mol. The van der Waals surface area contributed by atoms with Crippen LogP contribution in [0.15, 0.2) is 78.0 Å². The number of nitrogens with zero attached hydrogens (tertiary/aromatic N) is 4. The number of pyridine rings is 1. The van der Waals surface area contributed by atoms with E-state index in [1.54, 1.807) is 24.5 Å². The molecule has 14 heteroatoms. The summed E-state index contributed by atoms with van der Waals surface area (Å²) in [6, 6.07) is 13.3. The molecule has 1 atom stereocenters. The third-order valence-electron chi connectivity index (χ3n) is 6.67. The number of carbonyl (C=O) groups is 2. The molecule has 1 aliphatic rings. The summed E-state index contributed by atoms with van der Waals surface area (Å²) < 4.78 is 69.7. The van der Waals surface area contributed by atoms with Crippen LogP contribution in [0.4, 0.5) is 18.9 Å². The molecule has 0 bridgehead atoms. The summed E-state index contributed by atoms with van der Waals surface area (Å²) >= 11 is 0. The molecule has 0 spiro atoms. The number of carbonyl (C=O) groups excluding carboxylic acids is 2. The summed E-state index contributed by atoms with van der Waals surface area (Å²) in [5, 5.41) is 2.77. The van der Waals surface area contributed by atoms with Gasteiger partial charge in [-0.05, 0) is 59.7 Å². The van der Waals surface area contributed by atoms with Gasteiger partial charge < -0.3 is 19.9 Å². The van der Waals surface area contributed by atoms with E-state index in [9.17, 15) is 31.2 Å². The highest BCUT2D eigenvalue weighted by molar-refractivity contribution is 7.89. The molecule has 0 saturated carbocycles. The molecule has 1 fully saturated rings. The molecule has 2 amide bonds. The highest BCUT2D eigenvalue weighted by Gasteiger charge is 2.41. The van der Waals surface area contributed by atoms with Gasteiger partial charge in [0.25, 0.3) is 0 Å². The van der Waals surface area contributed by atoms with Gasteiger partial charge in [0.1, 0.15) is 11.8 Å². The van der Waals surface area contributed by atoms with Gasteiger partial charge in [0.2, 0.25) is 21.8 Å². The Morgan fingerprint density at radius 3 is 2.21 bits per heavy atom. The van der Waals surface area contributed by atoms with E-state index in [0.29, 0.717) is 5.56 Å². The standard InChI is InChI=1S/C28H30F3N5O5S/c1-34(2)22-5-3-21(4-6-22)18-33-27(38)25-19-35(26(37)17-20-11-13-32-14-12-20)15-16-36(25)42(39,40)24-9-7-23(8-10-24)41-28(29,30)31/h3-14,25H,15-19H2,1-2H3,(H,33,38)/t25-/m1/s1. The lowest BCUT2D eigenvalue weighted by Crippen LogP contribution is -2.61. The van der Waals surface area contributed by atoms with Crippen molar-refractivity contribution in [2.45, 2.75) is 30.3 Å². The minimum Gasteiger partial charge on any atom is -0.406 e. The average Bonchev–Trinajstić information content (AvgIpc) is 2.95. The SMILES string of the molecule is CN(C)c1ccc(CNC(=O)[C@H]2CN(C(=O)Cc3ccncc3)CCN2S(=O)(=O)c2ccc(OC(F)(F)F)cc2)cc1. The van der Waals surface area contributed by atoms with Crippen LogP contribution >= 0.6 is 0 Å². The van der Waals surface area contributed by atoms with Crippen LogP contribution in [-0.4, -0.2) is 80.6 Å². The number of piperazine rings is 1. The van der Waals surface area contributed by atoms with Crippen molar-refractivity contribution in [3.8, 4) is 5.75 Å². The molecule has 0 unspecified atom stereocenters. The fourth-order valence-corrected chi connectivity index (χ4v) is 6.02. The highest BCUT2D eigenvalue weighted by Crippen LogP contribution is 2.27. The number of nitrogens with one attached hydrogen (secondary N) is 1. The van der Waals surface area contributed by atoms with Crippen LogP contribution in [0, 0.1) is 0 Å². The summed E-state index contributed by atoms with van der Waals surface area (Å²) in [4.78, 5) is 33.5. The molecule has 1 saturated heterocycles. The Hall–Kier alpha value is -4.17. The van der Waals surface area contributed by atoms with Crippen LogP contribution in [0.5, 0.6) is 5.75 Å². The molecule has 3 aromatic rings. The second-order valence-corrected chi connectivity index (χ2v) is 11.7. The molecule has 4 rings (SSSR count). The van der Waals surface area contributed by atoms with Crippen LogP contribution in [0.2, 0.25) is 0 Å². The third kappa shape index (κ3) is 7.76. The van der Waals surface area contributed by atoms with Crippen molar-refractivity contribution in [3.63, 3.8) is 0 Å². The van der Waals surface area contributed by atoms with E-state index in [1.165, 1.54) is 4.90 Å². The summed E-state index contributed by atoms with van der Waals surface area (Å²) in [7, 11) is -0.546. The number of alkyl halides is 3. The van der Waals surface area contributed by atoms with Gasteiger partial charge in [0, 0.05) is 58.4 Å². The lowest BCUT2D eigenvalue weighted by molar-refractivity contribution is -0.274. The number of halogens is 3. The number of aromatic nitrogens is 1. The van der Waals surface area contributed by atoms with E-state index in [1.807, 2.05) is 43.3 Å². The highest BCUT2D eigenvalue weighted by atomic mass is 32.2. The summed E-state index contributed by atoms with van der Waals surface area (Å²) in [6.45, 7) is -0.260. The predicted octanol–water partition coefficient (Wildman–Crippen LogP) is 2.81. The fourth-order valence-electron chi connectivity index (χ4n) is 4.45. The number of benzene rings is 2. The first-order valence-electron chi connectivity index (χ1n) is 12.9. The first-order valence-corrected chi connectivity index (χ1v) is 14.4. The van der Waals surface area contributed by atoms with Crippen molar-refractivity contribution in [1.82, 2.24) is 19.5 Å². The maximum absolute atomic E-state index is 13.6. The van der Waals surface area contributed by atoms with Crippen LogP contribution in [0.3, 0.4) is 0 Å². The van der Waals surface area contributed by atoms with Gasteiger partial charge in [-0.1, -0.05) is 12.1 Å². The van der Waals surface area contributed by atoms with E-state index in [0.717, 1.165) is 39.8 Å². The van der Waals surface area contributed by atoms with Crippen LogP contribution < -0.4 is 15.0 Å². The molecular formula is C28H30F3N5O5S. The Morgan fingerprint density at radius 1 is 0.976 bits per heavy atom. The zero-order valence-corrected chi connectivity index (χ0v) is 23.7. The van der Waals surface area contributed by atoms with Crippen LogP contribution in [0.25, 0.3) is 0 Å². The summed E-state index contributed by atoms with van der Waals surface area (Å²) in [6.07, 6.45) is -1.78. The number of anilines is 1. The molecule has 10 nitrogen and oxygen atoms in total. The lowest BCUT2D eigenvalue weighted by Gasteiger charge is -2.39. The van der Waals surface area contributed by atoms with Crippen molar-refractivity contribution in [2.24, 2.45) is 0 Å². The second-order valence-electron chi connectivity index (χ2n) is 9.80. The molecule has 224 valence electrons. The maximum Gasteiger partial charge on any atom is 0.573 e. The quantitative estimate of drug-likeness (QED) is 0.399. The van der Waals surface area contributed by atoms with E-state index < -0.39 is 34.1 Å². The Kier molecular flexibility index (Phi) is 9.36. The van der Waals surface area contributed by atoms with Crippen molar-refractivity contribution < 1.29 is 35.9 Å². The zero-order chi connectivity index (χ0) is 30.5. The number of amides is 2. The molecule has 1 N–H and O–H groups in total. The Morgan fingerprint density at radius 2 is 1.62 bits per heavy atom. The van der Waals surface area contributed by atoms with Crippen molar-refractivity contribution in [2.75, 3.05) is 38.6 Å². The van der Waals surface area contributed by atoms with Crippen LogP contribution in [0.1, 0.15) is 11.1 Å². The Balaban J connectivity index is 1.55. The number of ether oxygens (including phenoxy) is 1. The zero-order valence-electron chi connectivity index (χ0n) is 22.9. The number of sulfonamides is 1. The topological polar surface area (TPSA) is 112 Å². The lowest BCUT2D eigenvalue weighted by atomic mass is 10.1. The summed E-state index contributed by atoms with van der Waals surface area (Å²) in [5.74, 6) is -1.49. The minimum atomic E-state index is -4.94. The number of hydrogen-bond acceptors (Lipinski definition) is 7. The van der Waals surface area contributed by atoms with Crippen molar-refractivity contribution >= 4 is 27.5 Å². The molecule has 1 aliphatic heterocycles. The van der Waals surface area contributed by atoms with Gasteiger partial charge in [0.15, 0.2) is 0 Å². The van der Waals surface area contributed by atoms with E-state index in [2.05, 4.69) is 15.0 Å². The van der Waals surface area contributed by atoms with Gasteiger partial charge in [0.05, 0.1) is 11.3 Å². The molecule has 0 aliphatic carbocycles. The number of rotatable bonds is 9. The van der Waals surface area contributed by atoms with Crippen molar-refractivity contribution in [1.29, 1.82) is 0 Å². The Labute approximate surface area is 241 Å². The van der Waals surface area contributed by atoms with Gasteiger partial charge in [-0.15, -0.1) is 13.2 Å². The molecule has 2 aromatic carbocycles. The van der Waals surface area contributed by atoms with Crippen LogP contribution in [-0.2, 0) is 32.6 Å². The van der Waals surface area contributed by atoms with E-state index in [-0.39, 0.29) is 43.4 Å². The molecule has 1 aromatic heterocycles. The fraction of sp³-hybridized carbons (Fsp3) is 0.321. The van der Waals surface area contributed by atoms with Gasteiger partial charge in [-0.25, -0.2) is 8.42 Å². The van der Waals surface area contributed by atoms with Gasteiger partial charge in [-0.2, -0.15) is 4.31 Å². The Bertz CT molecular complexity index is 1490. The summed E-state index contributed by atoms with van der Waals surface area (Å²) in [5.41, 5.74) is 2.46. The second kappa shape index (κ2) is 12.8. The minimum absolute atomic E-state index is 0.0220. The van der Waals surface area contributed by atoms with Crippen molar-refractivity contribution in [3.05, 3.63) is 84.2 Å². The predicted molar refractivity (Wildman–Crippen MR) is 148 cm³/mol. The largest absolute Gasteiger partial charge is 0.573 e. The average molecular weight is 606 g/mol. The number of hydrogen-bond donors (Lipinski definition) is 1.